The summed E-state index contributed by atoms with van der Waals surface area (Å²) < 4.78 is 5.07. The number of methoxy groups -OCH3 is 1. The summed E-state index contributed by atoms with van der Waals surface area (Å²) in [6.45, 7) is 3.21. The Morgan fingerprint density at radius 3 is 2.50 bits per heavy atom. The summed E-state index contributed by atoms with van der Waals surface area (Å²) in [6, 6.07) is 3.28. The molecule has 0 radical (unpaired) electrons. The second-order valence-corrected chi connectivity index (χ2v) is 3.03. The molecule has 14 heavy (non-hydrogen) atoms. The van der Waals surface area contributed by atoms with Gasteiger partial charge in [-0.1, -0.05) is 0 Å². The molecular formula is C11H12O3. The molecule has 0 saturated carbocycles. The van der Waals surface area contributed by atoms with Crippen LogP contribution in [0, 0.1) is 6.92 Å². The number of rotatable bonds is 3. The lowest BCUT2D eigenvalue weighted by atomic mass is 9.99. The first-order valence-electron chi connectivity index (χ1n) is 4.25. The van der Waals surface area contributed by atoms with Crippen molar-refractivity contribution in [2.75, 3.05) is 7.11 Å². The molecule has 0 spiro atoms. The zero-order chi connectivity index (χ0) is 10.7. The summed E-state index contributed by atoms with van der Waals surface area (Å²) >= 11 is 0. The van der Waals surface area contributed by atoms with Gasteiger partial charge < -0.3 is 4.74 Å². The fraction of sp³-hybridized carbons (Fsp3) is 0.273. The zero-order valence-electron chi connectivity index (χ0n) is 8.46. The summed E-state index contributed by atoms with van der Waals surface area (Å²) in [4.78, 5) is 22.0. The minimum absolute atomic E-state index is 0.122. The van der Waals surface area contributed by atoms with E-state index < -0.39 is 0 Å². The summed E-state index contributed by atoms with van der Waals surface area (Å²) in [5, 5.41) is 0. The van der Waals surface area contributed by atoms with Gasteiger partial charge in [-0.15, -0.1) is 0 Å². The maximum Gasteiger partial charge on any atom is 0.160 e. The lowest BCUT2D eigenvalue weighted by Crippen LogP contribution is -2.03. The number of aldehydes is 1. The SMILES string of the molecule is COc1ccc(C=O)c(C(C)=O)c1C. The van der Waals surface area contributed by atoms with Gasteiger partial charge in [-0.25, -0.2) is 0 Å². The Morgan fingerprint density at radius 2 is 2.07 bits per heavy atom. The van der Waals surface area contributed by atoms with Crippen LogP contribution in [0.5, 0.6) is 5.75 Å². The predicted molar refractivity (Wildman–Crippen MR) is 53.1 cm³/mol. The first-order valence-corrected chi connectivity index (χ1v) is 4.25. The molecule has 0 fully saturated rings. The topological polar surface area (TPSA) is 43.4 Å². The molecule has 0 N–H and O–H groups in total. The van der Waals surface area contributed by atoms with Crippen molar-refractivity contribution in [3.8, 4) is 5.75 Å². The lowest BCUT2D eigenvalue weighted by molar-refractivity contribution is 0.100. The highest BCUT2D eigenvalue weighted by Gasteiger charge is 2.13. The number of carbonyl (C=O) groups excluding carboxylic acids is 2. The van der Waals surface area contributed by atoms with Crippen molar-refractivity contribution in [1.29, 1.82) is 0 Å². The molecule has 0 bridgehead atoms. The molecule has 0 saturated heterocycles. The van der Waals surface area contributed by atoms with E-state index in [1.54, 1.807) is 19.1 Å². The maximum atomic E-state index is 11.3. The van der Waals surface area contributed by atoms with Crippen LogP contribution in [0.4, 0.5) is 0 Å². The first kappa shape index (κ1) is 10.4. The van der Waals surface area contributed by atoms with Crippen molar-refractivity contribution >= 4 is 12.1 Å². The Kier molecular flexibility index (Phi) is 3.02. The number of Topliss-reactive ketones (excluding diaryl/α,β-unsaturated/α-hetero) is 1. The molecule has 1 aromatic rings. The number of carbonyl (C=O) groups is 2. The molecule has 0 unspecified atom stereocenters. The van der Waals surface area contributed by atoms with Crippen LogP contribution < -0.4 is 4.74 Å². The van der Waals surface area contributed by atoms with Gasteiger partial charge in [-0.3, -0.25) is 9.59 Å². The van der Waals surface area contributed by atoms with E-state index in [0.29, 0.717) is 28.7 Å². The predicted octanol–water partition coefficient (Wildman–Crippen LogP) is 2.02. The Bertz CT molecular complexity index is 380. The number of hydrogen-bond acceptors (Lipinski definition) is 3. The van der Waals surface area contributed by atoms with Gasteiger partial charge in [0.05, 0.1) is 7.11 Å². The van der Waals surface area contributed by atoms with E-state index in [0.717, 1.165) is 0 Å². The van der Waals surface area contributed by atoms with Crippen molar-refractivity contribution in [2.24, 2.45) is 0 Å². The molecule has 3 nitrogen and oxygen atoms in total. The van der Waals surface area contributed by atoms with Crippen LogP contribution in [-0.2, 0) is 0 Å². The van der Waals surface area contributed by atoms with E-state index >= 15 is 0 Å². The second-order valence-electron chi connectivity index (χ2n) is 3.03. The second kappa shape index (κ2) is 4.05. The highest BCUT2D eigenvalue weighted by atomic mass is 16.5. The quantitative estimate of drug-likeness (QED) is 0.543. The van der Waals surface area contributed by atoms with Gasteiger partial charge in [-0.2, -0.15) is 0 Å². The Hall–Kier alpha value is -1.64. The van der Waals surface area contributed by atoms with Gasteiger partial charge in [0.1, 0.15) is 5.75 Å². The average Bonchev–Trinajstić information content (AvgIpc) is 2.16. The number of ether oxygens (including phenoxy) is 1. The van der Waals surface area contributed by atoms with Crippen LogP contribution in [-0.4, -0.2) is 19.2 Å². The van der Waals surface area contributed by atoms with Crippen LogP contribution in [0.15, 0.2) is 12.1 Å². The number of ketones is 1. The average molecular weight is 192 g/mol. The van der Waals surface area contributed by atoms with Gasteiger partial charge in [0, 0.05) is 16.7 Å². The zero-order valence-corrected chi connectivity index (χ0v) is 8.46. The maximum absolute atomic E-state index is 11.3. The normalized spacial score (nSPS) is 9.64. The summed E-state index contributed by atoms with van der Waals surface area (Å²) in [7, 11) is 1.53. The minimum Gasteiger partial charge on any atom is -0.496 e. The van der Waals surface area contributed by atoms with E-state index in [9.17, 15) is 9.59 Å². The van der Waals surface area contributed by atoms with Gasteiger partial charge in [0.15, 0.2) is 12.1 Å². The van der Waals surface area contributed by atoms with E-state index in [2.05, 4.69) is 0 Å². The third kappa shape index (κ3) is 1.66. The highest BCUT2D eigenvalue weighted by molar-refractivity contribution is 6.03. The molecule has 0 amide bonds. The summed E-state index contributed by atoms with van der Waals surface area (Å²) in [6.07, 6.45) is 0.684. The van der Waals surface area contributed by atoms with Crippen LogP contribution >= 0.6 is 0 Å². The van der Waals surface area contributed by atoms with Crippen molar-refractivity contribution in [2.45, 2.75) is 13.8 Å². The Labute approximate surface area is 82.7 Å². The Morgan fingerprint density at radius 1 is 1.43 bits per heavy atom. The van der Waals surface area contributed by atoms with Gasteiger partial charge >= 0.3 is 0 Å². The van der Waals surface area contributed by atoms with E-state index in [-0.39, 0.29) is 5.78 Å². The molecule has 0 aliphatic carbocycles. The van der Waals surface area contributed by atoms with Crippen LogP contribution in [0.25, 0.3) is 0 Å². The monoisotopic (exact) mass is 192 g/mol. The van der Waals surface area contributed by atoms with Gasteiger partial charge in [-0.05, 0) is 26.0 Å². The molecule has 0 atom stereocenters. The molecule has 0 aliphatic rings. The van der Waals surface area contributed by atoms with Crippen molar-refractivity contribution < 1.29 is 14.3 Å². The van der Waals surface area contributed by atoms with Gasteiger partial charge in [0.25, 0.3) is 0 Å². The lowest BCUT2D eigenvalue weighted by Gasteiger charge is -2.09. The molecule has 1 aromatic carbocycles. The minimum atomic E-state index is -0.122. The van der Waals surface area contributed by atoms with Gasteiger partial charge in [0.2, 0.25) is 0 Å². The molecule has 74 valence electrons. The van der Waals surface area contributed by atoms with E-state index in [1.165, 1.54) is 14.0 Å². The van der Waals surface area contributed by atoms with Crippen LogP contribution in [0.3, 0.4) is 0 Å². The smallest absolute Gasteiger partial charge is 0.160 e. The molecular weight excluding hydrogens is 180 g/mol. The number of hydrogen-bond donors (Lipinski definition) is 0. The van der Waals surface area contributed by atoms with E-state index in [1.807, 2.05) is 0 Å². The molecule has 1 rings (SSSR count). The molecule has 0 heterocycles. The fourth-order valence-corrected chi connectivity index (χ4v) is 1.50. The molecule has 0 aromatic heterocycles. The largest absolute Gasteiger partial charge is 0.496 e. The third-order valence-electron chi connectivity index (χ3n) is 2.15. The first-order chi connectivity index (χ1) is 6.61. The molecule has 3 heteroatoms. The van der Waals surface area contributed by atoms with Crippen molar-refractivity contribution in [3.05, 3.63) is 28.8 Å². The number of benzene rings is 1. The van der Waals surface area contributed by atoms with Crippen molar-refractivity contribution in [1.82, 2.24) is 0 Å². The van der Waals surface area contributed by atoms with Crippen LogP contribution in [0.2, 0.25) is 0 Å². The fourth-order valence-electron chi connectivity index (χ4n) is 1.50. The standard InChI is InChI=1S/C11H12O3/c1-7-10(14-3)5-4-9(6-12)11(7)8(2)13/h4-6H,1-3H3. The van der Waals surface area contributed by atoms with Crippen molar-refractivity contribution in [3.63, 3.8) is 0 Å². The Balaban J connectivity index is 3.46. The third-order valence-corrected chi connectivity index (χ3v) is 2.15. The molecule has 0 aliphatic heterocycles. The van der Waals surface area contributed by atoms with E-state index in [4.69, 9.17) is 4.74 Å². The summed E-state index contributed by atoms with van der Waals surface area (Å²) in [5.74, 6) is 0.504. The van der Waals surface area contributed by atoms with Crippen LogP contribution in [0.1, 0.15) is 33.2 Å². The highest BCUT2D eigenvalue weighted by Crippen LogP contribution is 2.24. The summed E-state index contributed by atoms with van der Waals surface area (Å²) in [5.41, 5.74) is 1.57.